The highest BCUT2D eigenvalue weighted by atomic mass is 16.6. The van der Waals surface area contributed by atoms with Crippen molar-refractivity contribution in [1.82, 2.24) is 14.8 Å². The van der Waals surface area contributed by atoms with E-state index in [1.807, 2.05) is 26.8 Å². The number of anilines is 1. The molecule has 10 heteroatoms. The average Bonchev–Trinajstić information content (AvgIpc) is 2.73. The van der Waals surface area contributed by atoms with Gasteiger partial charge in [0.15, 0.2) is 5.84 Å². The number of nitrogens with two attached hydrogens (primary N) is 1. The fraction of sp³-hybridized carbons (Fsp3) is 0.667. The van der Waals surface area contributed by atoms with Crippen molar-refractivity contribution in [3.63, 3.8) is 0 Å². The van der Waals surface area contributed by atoms with Crippen molar-refractivity contribution in [2.24, 2.45) is 10.9 Å². The van der Waals surface area contributed by atoms with E-state index in [0.717, 1.165) is 31.6 Å². The average molecular weight is 435 g/mol. The molecule has 0 atom stereocenters. The number of pyridine rings is 1. The lowest BCUT2D eigenvalue weighted by Gasteiger charge is -2.37. The van der Waals surface area contributed by atoms with E-state index in [2.05, 4.69) is 27.0 Å². The third-order valence-electron chi connectivity index (χ3n) is 5.41. The zero-order valence-corrected chi connectivity index (χ0v) is 18.9. The molecule has 31 heavy (non-hydrogen) atoms. The van der Waals surface area contributed by atoms with Crippen molar-refractivity contribution in [3.8, 4) is 5.88 Å². The van der Waals surface area contributed by atoms with E-state index in [9.17, 15) is 4.79 Å². The molecular formula is C21H34N6O4. The molecule has 10 nitrogen and oxygen atoms in total. The lowest BCUT2D eigenvalue weighted by molar-refractivity contribution is 0.0240. The van der Waals surface area contributed by atoms with Crippen molar-refractivity contribution in [1.29, 1.82) is 0 Å². The largest absolute Gasteiger partial charge is 0.474 e. The highest BCUT2D eigenvalue weighted by Gasteiger charge is 2.27. The number of aromatic nitrogens is 1. The van der Waals surface area contributed by atoms with Crippen LogP contribution in [0.3, 0.4) is 0 Å². The van der Waals surface area contributed by atoms with Gasteiger partial charge in [-0.2, -0.15) is 0 Å². The molecule has 3 rings (SSSR count). The molecular weight excluding hydrogens is 400 g/mol. The number of carbonyl (C=O) groups excluding carboxylic acids is 1. The second-order valence-corrected chi connectivity index (χ2v) is 9.11. The standard InChI is InChI=1S/C21H34N6O4/c1-21(2,3)31-20(28)27-11-9-26(10-12-27)15-13-17(19(22)24-29)23-18(14-15)30-16-5-7-25(4)8-6-16/h13-14,16,29H,5-12H2,1-4H3,(H2,22,24). The van der Waals surface area contributed by atoms with E-state index in [1.54, 1.807) is 11.0 Å². The molecule has 0 aliphatic carbocycles. The highest BCUT2D eigenvalue weighted by molar-refractivity contribution is 5.96. The van der Waals surface area contributed by atoms with Crippen LogP contribution in [-0.2, 0) is 4.74 Å². The summed E-state index contributed by atoms with van der Waals surface area (Å²) in [6.07, 6.45) is 1.64. The van der Waals surface area contributed by atoms with Gasteiger partial charge in [-0.3, -0.25) is 0 Å². The summed E-state index contributed by atoms with van der Waals surface area (Å²) in [7, 11) is 2.10. The van der Waals surface area contributed by atoms with Crippen LogP contribution in [0.2, 0.25) is 0 Å². The van der Waals surface area contributed by atoms with Gasteiger partial charge in [0.05, 0.1) is 0 Å². The number of amidine groups is 1. The summed E-state index contributed by atoms with van der Waals surface area (Å²) in [6.45, 7) is 9.88. The number of hydrogen-bond acceptors (Lipinski definition) is 8. The van der Waals surface area contributed by atoms with Gasteiger partial charge >= 0.3 is 6.09 Å². The molecule has 0 unspecified atom stereocenters. The quantitative estimate of drug-likeness (QED) is 0.318. The monoisotopic (exact) mass is 434 g/mol. The molecule has 0 saturated carbocycles. The second kappa shape index (κ2) is 9.59. The first-order valence-corrected chi connectivity index (χ1v) is 10.7. The number of likely N-dealkylation sites (tertiary alicyclic amines) is 1. The number of oxime groups is 1. The van der Waals surface area contributed by atoms with Gasteiger partial charge in [-0.25, -0.2) is 9.78 Å². The zero-order chi connectivity index (χ0) is 22.6. The van der Waals surface area contributed by atoms with Crippen LogP contribution < -0.4 is 15.4 Å². The minimum absolute atomic E-state index is 0.0672. The van der Waals surface area contributed by atoms with Crippen LogP contribution in [-0.4, -0.2) is 89.9 Å². The van der Waals surface area contributed by atoms with Gasteiger partial charge in [0, 0.05) is 51.0 Å². The number of nitrogens with zero attached hydrogens (tertiary/aromatic N) is 5. The molecule has 1 aromatic rings. The lowest BCUT2D eigenvalue weighted by Crippen LogP contribution is -2.50. The molecule has 3 N–H and O–H groups in total. The van der Waals surface area contributed by atoms with Gasteiger partial charge in [0.25, 0.3) is 0 Å². The van der Waals surface area contributed by atoms with Crippen molar-refractivity contribution in [3.05, 3.63) is 17.8 Å². The number of amides is 1. The topological polar surface area (TPSA) is 117 Å². The number of piperazine rings is 1. The normalized spacial score (nSPS) is 19.4. The predicted molar refractivity (Wildman–Crippen MR) is 118 cm³/mol. The summed E-state index contributed by atoms with van der Waals surface area (Å²) in [5.74, 6) is 0.394. The van der Waals surface area contributed by atoms with Gasteiger partial charge in [-0.05, 0) is 46.7 Å². The zero-order valence-electron chi connectivity index (χ0n) is 18.9. The first-order chi connectivity index (χ1) is 14.6. The number of carbonyl (C=O) groups is 1. The summed E-state index contributed by atoms with van der Waals surface area (Å²) < 4.78 is 11.6. The van der Waals surface area contributed by atoms with Gasteiger partial charge in [-0.15, -0.1) is 0 Å². The first kappa shape index (κ1) is 22.9. The number of ether oxygens (including phenoxy) is 2. The maximum Gasteiger partial charge on any atom is 0.410 e. The number of rotatable bonds is 4. The molecule has 0 bridgehead atoms. The Balaban J connectivity index is 1.71. The van der Waals surface area contributed by atoms with E-state index < -0.39 is 5.60 Å². The van der Waals surface area contributed by atoms with E-state index in [0.29, 0.717) is 37.8 Å². The fourth-order valence-corrected chi connectivity index (χ4v) is 3.66. The predicted octanol–water partition coefficient (Wildman–Crippen LogP) is 1.71. The molecule has 3 heterocycles. The van der Waals surface area contributed by atoms with Crippen molar-refractivity contribution < 1.29 is 19.5 Å². The third kappa shape index (κ3) is 6.36. The summed E-state index contributed by atoms with van der Waals surface area (Å²) in [4.78, 5) is 22.9. The van der Waals surface area contributed by atoms with Crippen LogP contribution >= 0.6 is 0 Å². The van der Waals surface area contributed by atoms with Gasteiger partial charge in [0.2, 0.25) is 5.88 Å². The van der Waals surface area contributed by atoms with E-state index in [-0.39, 0.29) is 18.0 Å². The van der Waals surface area contributed by atoms with E-state index >= 15 is 0 Å². The smallest absolute Gasteiger partial charge is 0.410 e. The fourth-order valence-electron chi connectivity index (χ4n) is 3.66. The van der Waals surface area contributed by atoms with Gasteiger partial charge < -0.3 is 35.1 Å². The Bertz CT molecular complexity index is 794. The molecule has 172 valence electrons. The molecule has 0 radical (unpaired) electrons. The Morgan fingerprint density at radius 1 is 1.16 bits per heavy atom. The summed E-state index contributed by atoms with van der Waals surface area (Å²) in [5.41, 5.74) is 6.53. The minimum Gasteiger partial charge on any atom is -0.474 e. The minimum atomic E-state index is -0.518. The first-order valence-electron chi connectivity index (χ1n) is 10.7. The van der Waals surface area contributed by atoms with Crippen LogP contribution in [0.4, 0.5) is 10.5 Å². The summed E-state index contributed by atoms with van der Waals surface area (Å²) in [5, 5.41) is 12.2. The van der Waals surface area contributed by atoms with Gasteiger partial charge in [0.1, 0.15) is 17.4 Å². The Morgan fingerprint density at radius 3 is 2.39 bits per heavy atom. The Hall–Kier alpha value is -2.75. The molecule has 2 saturated heterocycles. The second-order valence-electron chi connectivity index (χ2n) is 9.11. The Kier molecular flexibility index (Phi) is 7.09. The number of hydrogen-bond donors (Lipinski definition) is 2. The maximum atomic E-state index is 12.3. The summed E-state index contributed by atoms with van der Waals surface area (Å²) in [6, 6.07) is 3.66. The maximum absolute atomic E-state index is 12.3. The van der Waals surface area contributed by atoms with Crippen LogP contribution in [0, 0.1) is 0 Å². The van der Waals surface area contributed by atoms with Gasteiger partial charge in [-0.1, -0.05) is 5.16 Å². The Labute approximate surface area is 183 Å². The SMILES string of the molecule is CN1CCC(Oc2cc(N3CCN(C(=O)OC(C)(C)C)CC3)cc(/C(N)=N/O)n2)CC1. The van der Waals surface area contributed by atoms with Crippen LogP contribution in [0.25, 0.3) is 0 Å². The molecule has 0 spiro atoms. The number of piperidine rings is 1. The summed E-state index contributed by atoms with van der Waals surface area (Å²) >= 11 is 0. The molecule has 0 aromatic carbocycles. The van der Waals surface area contributed by atoms with E-state index in [1.165, 1.54) is 0 Å². The molecule has 2 fully saturated rings. The lowest BCUT2D eigenvalue weighted by atomic mass is 10.1. The van der Waals surface area contributed by atoms with E-state index in [4.69, 9.17) is 20.4 Å². The molecule has 1 aromatic heterocycles. The molecule has 2 aliphatic heterocycles. The Morgan fingerprint density at radius 2 is 1.81 bits per heavy atom. The molecule has 1 amide bonds. The van der Waals surface area contributed by atoms with Crippen LogP contribution in [0.15, 0.2) is 17.3 Å². The third-order valence-corrected chi connectivity index (χ3v) is 5.41. The van der Waals surface area contributed by atoms with Crippen LogP contribution in [0.5, 0.6) is 5.88 Å². The van der Waals surface area contributed by atoms with Crippen molar-refractivity contribution >= 4 is 17.6 Å². The highest BCUT2D eigenvalue weighted by Crippen LogP contribution is 2.25. The van der Waals surface area contributed by atoms with Crippen molar-refractivity contribution in [2.75, 3.05) is 51.2 Å². The van der Waals surface area contributed by atoms with Crippen LogP contribution in [0.1, 0.15) is 39.3 Å². The molecule has 2 aliphatic rings. The van der Waals surface area contributed by atoms with Crippen molar-refractivity contribution in [2.45, 2.75) is 45.3 Å².